The molecule has 1 saturated heterocycles. The van der Waals surface area contributed by atoms with Crippen molar-refractivity contribution in [2.24, 2.45) is 0 Å². The number of hydrogen-bond acceptors (Lipinski definition) is 6. The van der Waals surface area contributed by atoms with E-state index in [-0.39, 0.29) is 11.7 Å². The second kappa shape index (κ2) is 6.87. The molecule has 0 aromatic carbocycles. The van der Waals surface area contributed by atoms with Crippen LogP contribution in [0.5, 0.6) is 0 Å². The van der Waals surface area contributed by atoms with Gasteiger partial charge in [-0.25, -0.2) is 4.98 Å². The van der Waals surface area contributed by atoms with E-state index in [0.717, 1.165) is 54.1 Å². The van der Waals surface area contributed by atoms with E-state index >= 15 is 0 Å². The number of thioether (sulfide) groups is 1. The summed E-state index contributed by atoms with van der Waals surface area (Å²) in [6.45, 7) is 1.35. The molecule has 2 aromatic heterocycles. The minimum absolute atomic E-state index is 0.0781. The van der Waals surface area contributed by atoms with Gasteiger partial charge in [0.05, 0.1) is 24.1 Å². The van der Waals surface area contributed by atoms with Gasteiger partial charge in [-0.05, 0) is 37.7 Å². The highest BCUT2D eigenvalue weighted by Crippen LogP contribution is 2.35. The summed E-state index contributed by atoms with van der Waals surface area (Å²) in [5.41, 5.74) is 1.30. The molecular weight excluding hydrogens is 342 g/mol. The molecule has 0 spiro atoms. The molecule has 0 radical (unpaired) electrons. The molecule has 126 valence electrons. The minimum Gasteiger partial charge on any atom is -0.376 e. The lowest BCUT2D eigenvalue weighted by molar-refractivity contribution is 0.0937. The van der Waals surface area contributed by atoms with Crippen LogP contribution in [0.25, 0.3) is 10.2 Å². The molecule has 5 nitrogen and oxygen atoms in total. The van der Waals surface area contributed by atoms with Gasteiger partial charge in [0, 0.05) is 23.7 Å². The Labute approximate surface area is 148 Å². The Morgan fingerprint density at radius 2 is 2.33 bits per heavy atom. The summed E-state index contributed by atoms with van der Waals surface area (Å²) in [5, 5.41) is 10.3. The van der Waals surface area contributed by atoms with E-state index in [4.69, 9.17) is 15.0 Å². The van der Waals surface area contributed by atoms with Crippen molar-refractivity contribution < 1.29 is 4.74 Å². The highest BCUT2D eigenvalue weighted by Gasteiger charge is 2.25. The number of nitriles is 1. The van der Waals surface area contributed by atoms with E-state index in [9.17, 15) is 4.79 Å². The van der Waals surface area contributed by atoms with E-state index in [0.29, 0.717) is 18.7 Å². The third-order valence-electron chi connectivity index (χ3n) is 4.65. The quantitative estimate of drug-likeness (QED) is 0.465. The molecule has 24 heavy (non-hydrogen) atoms. The van der Waals surface area contributed by atoms with Crippen LogP contribution >= 0.6 is 23.1 Å². The van der Waals surface area contributed by atoms with Crippen LogP contribution in [0, 0.1) is 11.3 Å². The Hall–Kier alpha value is -1.36. The Balaban J connectivity index is 1.78. The van der Waals surface area contributed by atoms with E-state index in [1.807, 2.05) is 0 Å². The zero-order chi connectivity index (χ0) is 16.5. The van der Waals surface area contributed by atoms with Gasteiger partial charge in [0.25, 0.3) is 5.56 Å². The smallest absolute Gasteiger partial charge is 0.263 e. The predicted molar refractivity (Wildman–Crippen MR) is 95.8 cm³/mol. The minimum atomic E-state index is 0.0781. The average Bonchev–Trinajstić information content (AvgIpc) is 3.27. The molecule has 0 saturated carbocycles. The van der Waals surface area contributed by atoms with Gasteiger partial charge in [-0.2, -0.15) is 5.26 Å². The SMILES string of the molecule is N#CCCSc1nc2sc3c(c2c(=O)n1CC1CCCO1)CCC3. The number of nitrogens with zero attached hydrogens (tertiary/aromatic N) is 3. The number of hydrogen-bond donors (Lipinski definition) is 0. The number of rotatable bonds is 5. The second-order valence-electron chi connectivity index (χ2n) is 6.24. The predicted octanol–water partition coefficient (Wildman–Crippen LogP) is 3.13. The summed E-state index contributed by atoms with van der Waals surface area (Å²) in [4.78, 5) is 20.2. The monoisotopic (exact) mass is 361 g/mol. The van der Waals surface area contributed by atoms with Gasteiger partial charge in [0.2, 0.25) is 0 Å². The standard InChI is InChI=1S/C17H19N3O2S2/c18-7-3-9-23-17-19-15-14(12-5-1-6-13(12)24-15)16(21)20(17)10-11-4-2-8-22-11/h11H,1-6,8-10H2. The maximum Gasteiger partial charge on any atom is 0.263 e. The van der Waals surface area contributed by atoms with Gasteiger partial charge in [-0.1, -0.05) is 11.8 Å². The van der Waals surface area contributed by atoms with Crippen LogP contribution in [-0.2, 0) is 24.1 Å². The van der Waals surface area contributed by atoms with Crippen LogP contribution in [0.4, 0.5) is 0 Å². The van der Waals surface area contributed by atoms with Crippen LogP contribution in [0.2, 0.25) is 0 Å². The second-order valence-corrected chi connectivity index (χ2v) is 8.38. The molecule has 1 fully saturated rings. The Kier molecular flexibility index (Phi) is 4.61. The molecule has 1 unspecified atom stereocenters. The Morgan fingerprint density at radius 3 is 3.12 bits per heavy atom. The Morgan fingerprint density at radius 1 is 1.42 bits per heavy atom. The van der Waals surface area contributed by atoms with Crippen LogP contribution < -0.4 is 5.56 Å². The molecule has 7 heteroatoms. The molecule has 4 rings (SSSR count). The first-order valence-corrected chi connectivity index (χ1v) is 10.2. The number of fused-ring (bicyclic) bond motifs is 3. The third kappa shape index (κ3) is 2.87. The number of aromatic nitrogens is 2. The van der Waals surface area contributed by atoms with Gasteiger partial charge in [0.15, 0.2) is 5.16 Å². The summed E-state index contributed by atoms with van der Waals surface area (Å²) in [6, 6.07) is 2.16. The number of thiophene rings is 1. The molecule has 0 N–H and O–H groups in total. The molecule has 0 amide bonds. The van der Waals surface area contributed by atoms with E-state index < -0.39 is 0 Å². The van der Waals surface area contributed by atoms with Crippen LogP contribution in [0.15, 0.2) is 9.95 Å². The fourth-order valence-corrected chi connectivity index (χ4v) is 5.66. The fourth-order valence-electron chi connectivity index (χ4n) is 3.51. The third-order valence-corrected chi connectivity index (χ3v) is 6.81. The summed E-state index contributed by atoms with van der Waals surface area (Å²) in [5.74, 6) is 0.658. The molecular formula is C17H19N3O2S2. The molecule has 2 aliphatic rings. The zero-order valence-electron chi connectivity index (χ0n) is 13.4. The van der Waals surface area contributed by atoms with Crippen LogP contribution in [0.1, 0.15) is 36.1 Å². The fraction of sp³-hybridized carbons (Fsp3) is 0.588. The average molecular weight is 361 g/mol. The van der Waals surface area contributed by atoms with Crippen molar-refractivity contribution in [1.82, 2.24) is 9.55 Å². The van der Waals surface area contributed by atoms with E-state index in [1.165, 1.54) is 22.2 Å². The Bertz CT molecular complexity index is 859. The zero-order valence-corrected chi connectivity index (χ0v) is 15.0. The van der Waals surface area contributed by atoms with Gasteiger partial charge in [-0.3, -0.25) is 9.36 Å². The lowest BCUT2D eigenvalue weighted by Crippen LogP contribution is -2.29. The van der Waals surface area contributed by atoms with Crippen molar-refractivity contribution >= 4 is 33.3 Å². The number of ether oxygens (including phenoxy) is 1. The highest BCUT2D eigenvalue weighted by atomic mass is 32.2. The number of aryl methyl sites for hydroxylation is 2. The molecule has 3 heterocycles. The first kappa shape index (κ1) is 16.1. The summed E-state index contributed by atoms with van der Waals surface area (Å²) >= 11 is 3.18. The van der Waals surface area contributed by atoms with Crippen LogP contribution in [0.3, 0.4) is 0 Å². The van der Waals surface area contributed by atoms with E-state index in [2.05, 4.69) is 6.07 Å². The van der Waals surface area contributed by atoms with Crippen LogP contribution in [-0.4, -0.2) is 28.0 Å². The largest absolute Gasteiger partial charge is 0.376 e. The molecule has 1 aliphatic carbocycles. The summed E-state index contributed by atoms with van der Waals surface area (Å²) in [6.07, 6.45) is 5.81. The topological polar surface area (TPSA) is 67.9 Å². The van der Waals surface area contributed by atoms with Crippen molar-refractivity contribution in [1.29, 1.82) is 5.26 Å². The van der Waals surface area contributed by atoms with E-state index in [1.54, 1.807) is 15.9 Å². The molecule has 1 atom stereocenters. The van der Waals surface area contributed by atoms with Gasteiger partial charge < -0.3 is 4.74 Å². The lowest BCUT2D eigenvalue weighted by Gasteiger charge is -2.15. The van der Waals surface area contributed by atoms with Crippen molar-refractivity contribution in [3.05, 3.63) is 20.8 Å². The first-order chi connectivity index (χ1) is 11.8. The summed E-state index contributed by atoms with van der Waals surface area (Å²) in [7, 11) is 0. The van der Waals surface area contributed by atoms with Crippen molar-refractivity contribution in [3.8, 4) is 6.07 Å². The first-order valence-electron chi connectivity index (χ1n) is 8.44. The maximum absolute atomic E-state index is 13.2. The lowest BCUT2D eigenvalue weighted by atomic mass is 10.2. The van der Waals surface area contributed by atoms with Crippen molar-refractivity contribution in [2.75, 3.05) is 12.4 Å². The van der Waals surface area contributed by atoms with Gasteiger partial charge in [-0.15, -0.1) is 11.3 Å². The van der Waals surface area contributed by atoms with Crippen molar-refractivity contribution in [2.45, 2.75) is 56.3 Å². The highest BCUT2D eigenvalue weighted by molar-refractivity contribution is 7.99. The molecule has 1 aliphatic heterocycles. The van der Waals surface area contributed by atoms with Crippen molar-refractivity contribution in [3.63, 3.8) is 0 Å². The summed E-state index contributed by atoms with van der Waals surface area (Å²) < 4.78 is 7.53. The maximum atomic E-state index is 13.2. The normalized spacial score (nSPS) is 19.7. The van der Waals surface area contributed by atoms with Gasteiger partial charge >= 0.3 is 0 Å². The van der Waals surface area contributed by atoms with Gasteiger partial charge in [0.1, 0.15) is 4.83 Å². The molecule has 2 aromatic rings. The molecule has 0 bridgehead atoms.